The summed E-state index contributed by atoms with van der Waals surface area (Å²) < 4.78 is 0. The first-order valence-corrected chi connectivity index (χ1v) is 7.21. The Morgan fingerprint density at radius 2 is 1.95 bits per heavy atom. The first kappa shape index (κ1) is 15.5. The Hall–Kier alpha value is -2.86. The maximum absolute atomic E-state index is 12.1. The first-order chi connectivity index (χ1) is 10.6. The maximum Gasteiger partial charge on any atom is 0.248 e. The van der Waals surface area contributed by atoms with Crippen molar-refractivity contribution in [3.8, 4) is 6.07 Å². The van der Waals surface area contributed by atoms with Crippen LogP contribution in [-0.2, 0) is 11.2 Å². The Bertz CT molecular complexity index is 737. The number of nitrogens with zero attached hydrogens (tertiary/aromatic N) is 1. The highest BCUT2D eigenvalue weighted by Gasteiger charge is 2.06. The van der Waals surface area contributed by atoms with Crippen LogP contribution in [0, 0.1) is 18.3 Å². The van der Waals surface area contributed by atoms with Crippen molar-refractivity contribution >= 4 is 17.7 Å². The van der Waals surface area contributed by atoms with Gasteiger partial charge in [-0.3, -0.25) is 4.79 Å². The van der Waals surface area contributed by atoms with E-state index < -0.39 is 0 Å². The zero-order valence-corrected chi connectivity index (χ0v) is 12.8. The van der Waals surface area contributed by atoms with Gasteiger partial charge in [-0.05, 0) is 48.2 Å². The van der Waals surface area contributed by atoms with Gasteiger partial charge >= 0.3 is 0 Å². The molecule has 0 saturated carbocycles. The fraction of sp³-hybridized carbons (Fsp3) is 0.158. The largest absolute Gasteiger partial charge is 0.322 e. The average Bonchev–Trinajstić information content (AvgIpc) is 2.55. The molecule has 0 unspecified atom stereocenters. The van der Waals surface area contributed by atoms with E-state index in [9.17, 15) is 4.79 Å². The minimum atomic E-state index is -0.159. The monoisotopic (exact) mass is 290 g/mol. The van der Waals surface area contributed by atoms with Crippen molar-refractivity contribution in [1.82, 2.24) is 0 Å². The van der Waals surface area contributed by atoms with Gasteiger partial charge in [-0.15, -0.1) is 0 Å². The predicted molar refractivity (Wildman–Crippen MR) is 89.4 cm³/mol. The summed E-state index contributed by atoms with van der Waals surface area (Å²) in [6.07, 6.45) is 4.12. The number of nitriles is 1. The summed E-state index contributed by atoms with van der Waals surface area (Å²) in [7, 11) is 0. The Kier molecular flexibility index (Phi) is 5.11. The second-order valence-corrected chi connectivity index (χ2v) is 5.02. The van der Waals surface area contributed by atoms with E-state index in [4.69, 9.17) is 5.26 Å². The van der Waals surface area contributed by atoms with Crippen molar-refractivity contribution in [2.75, 3.05) is 5.32 Å². The molecule has 0 spiro atoms. The van der Waals surface area contributed by atoms with Crippen LogP contribution < -0.4 is 5.32 Å². The molecule has 0 aliphatic rings. The van der Waals surface area contributed by atoms with Crippen LogP contribution >= 0.6 is 0 Å². The Morgan fingerprint density at radius 3 is 2.59 bits per heavy atom. The molecule has 0 atom stereocenters. The van der Waals surface area contributed by atoms with Crippen LogP contribution in [0.25, 0.3) is 6.08 Å². The molecule has 0 fully saturated rings. The molecule has 3 nitrogen and oxygen atoms in total. The number of anilines is 1. The van der Waals surface area contributed by atoms with Gasteiger partial charge in [0.2, 0.25) is 5.91 Å². The molecule has 0 aliphatic heterocycles. The number of rotatable bonds is 4. The van der Waals surface area contributed by atoms with Gasteiger partial charge in [-0.1, -0.05) is 37.3 Å². The molecule has 0 saturated heterocycles. The lowest BCUT2D eigenvalue weighted by molar-refractivity contribution is -0.111. The lowest BCUT2D eigenvalue weighted by Gasteiger charge is -2.11. The van der Waals surface area contributed by atoms with Crippen molar-refractivity contribution in [2.24, 2.45) is 0 Å². The minimum absolute atomic E-state index is 0.159. The van der Waals surface area contributed by atoms with Crippen molar-refractivity contribution in [1.29, 1.82) is 5.26 Å². The summed E-state index contributed by atoms with van der Waals surface area (Å²) in [5.41, 5.74) is 4.56. The van der Waals surface area contributed by atoms with Gasteiger partial charge in [0, 0.05) is 11.8 Å². The van der Waals surface area contributed by atoms with E-state index >= 15 is 0 Å². The number of para-hydroxylation sites is 1. The van der Waals surface area contributed by atoms with Crippen molar-refractivity contribution in [2.45, 2.75) is 20.3 Å². The molecule has 2 aromatic carbocycles. The molecule has 110 valence electrons. The molecule has 3 heteroatoms. The van der Waals surface area contributed by atoms with Gasteiger partial charge in [0.05, 0.1) is 11.6 Å². The minimum Gasteiger partial charge on any atom is -0.322 e. The molecule has 1 amide bonds. The summed E-state index contributed by atoms with van der Waals surface area (Å²) >= 11 is 0. The van der Waals surface area contributed by atoms with Gasteiger partial charge in [0.25, 0.3) is 0 Å². The van der Waals surface area contributed by atoms with Crippen LogP contribution in [0.2, 0.25) is 0 Å². The number of nitrogens with one attached hydrogen (secondary N) is 1. The Labute approximate surface area is 130 Å². The number of aryl methyl sites for hydroxylation is 2. The number of carbonyl (C=O) groups excluding carboxylic acids is 1. The smallest absolute Gasteiger partial charge is 0.248 e. The molecule has 0 radical (unpaired) electrons. The van der Waals surface area contributed by atoms with E-state index in [0.29, 0.717) is 5.56 Å². The molecular weight excluding hydrogens is 272 g/mol. The number of amides is 1. The third-order valence-corrected chi connectivity index (χ3v) is 3.46. The van der Waals surface area contributed by atoms with Gasteiger partial charge in [-0.2, -0.15) is 5.26 Å². The summed E-state index contributed by atoms with van der Waals surface area (Å²) in [6.45, 7) is 4.05. The van der Waals surface area contributed by atoms with Crippen LogP contribution in [0.15, 0.2) is 48.5 Å². The van der Waals surface area contributed by atoms with Crippen molar-refractivity contribution in [3.63, 3.8) is 0 Å². The predicted octanol–water partition coefficient (Wildman–Crippen LogP) is 4.08. The first-order valence-electron chi connectivity index (χ1n) is 7.21. The topological polar surface area (TPSA) is 52.9 Å². The van der Waals surface area contributed by atoms with Crippen LogP contribution in [0.5, 0.6) is 0 Å². The standard InChI is InChI=1S/C19H18N2O/c1-3-17-6-4-5-14(2)19(17)21-18(22)12-11-15-7-9-16(13-20)10-8-15/h4-12H,3H2,1-2H3,(H,21,22)/b12-11+. The lowest BCUT2D eigenvalue weighted by Crippen LogP contribution is -2.11. The van der Waals surface area contributed by atoms with Crippen LogP contribution in [0.4, 0.5) is 5.69 Å². The zero-order chi connectivity index (χ0) is 15.9. The summed E-state index contributed by atoms with van der Waals surface area (Å²) in [5.74, 6) is -0.159. The summed E-state index contributed by atoms with van der Waals surface area (Å²) in [5, 5.41) is 11.7. The van der Waals surface area contributed by atoms with Gasteiger partial charge < -0.3 is 5.32 Å². The van der Waals surface area contributed by atoms with Crippen LogP contribution in [0.1, 0.15) is 29.2 Å². The molecule has 0 heterocycles. The van der Waals surface area contributed by atoms with Crippen LogP contribution in [0.3, 0.4) is 0 Å². The van der Waals surface area contributed by atoms with Crippen molar-refractivity contribution < 1.29 is 4.79 Å². The zero-order valence-electron chi connectivity index (χ0n) is 12.8. The van der Waals surface area contributed by atoms with E-state index in [1.807, 2.05) is 37.3 Å². The Morgan fingerprint density at radius 1 is 1.23 bits per heavy atom. The molecule has 0 aliphatic carbocycles. The summed E-state index contributed by atoms with van der Waals surface area (Å²) in [4.78, 5) is 12.1. The second-order valence-electron chi connectivity index (χ2n) is 5.02. The number of hydrogen-bond acceptors (Lipinski definition) is 2. The fourth-order valence-electron chi connectivity index (χ4n) is 2.21. The summed E-state index contributed by atoms with van der Waals surface area (Å²) in [6, 6.07) is 15.2. The highest BCUT2D eigenvalue weighted by Crippen LogP contribution is 2.21. The van der Waals surface area contributed by atoms with E-state index in [2.05, 4.69) is 18.3 Å². The van der Waals surface area contributed by atoms with Crippen molar-refractivity contribution in [3.05, 3.63) is 70.8 Å². The number of hydrogen-bond donors (Lipinski definition) is 1. The lowest BCUT2D eigenvalue weighted by atomic mass is 10.1. The van der Waals surface area contributed by atoms with E-state index in [1.165, 1.54) is 6.08 Å². The van der Waals surface area contributed by atoms with Gasteiger partial charge in [0.1, 0.15) is 0 Å². The quantitative estimate of drug-likeness (QED) is 0.862. The van der Waals surface area contributed by atoms with E-state index in [-0.39, 0.29) is 5.91 Å². The molecule has 22 heavy (non-hydrogen) atoms. The SMILES string of the molecule is CCc1cccc(C)c1NC(=O)/C=C/c1ccc(C#N)cc1. The molecule has 2 aromatic rings. The van der Waals surface area contributed by atoms with Crippen LogP contribution in [-0.4, -0.2) is 5.91 Å². The second kappa shape index (κ2) is 7.24. The average molecular weight is 290 g/mol. The van der Waals surface area contributed by atoms with Gasteiger partial charge in [-0.25, -0.2) is 0 Å². The normalized spacial score (nSPS) is 10.4. The highest BCUT2D eigenvalue weighted by atomic mass is 16.1. The van der Waals surface area contributed by atoms with E-state index in [1.54, 1.807) is 18.2 Å². The molecule has 1 N–H and O–H groups in total. The molecular formula is C19H18N2O. The maximum atomic E-state index is 12.1. The highest BCUT2D eigenvalue weighted by molar-refractivity contribution is 6.02. The third-order valence-electron chi connectivity index (χ3n) is 3.46. The van der Waals surface area contributed by atoms with E-state index in [0.717, 1.165) is 28.8 Å². The molecule has 2 rings (SSSR count). The van der Waals surface area contributed by atoms with Gasteiger partial charge in [0.15, 0.2) is 0 Å². The third kappa shape index (κ3) is 3.83. The Balaban J connectivity index is 2.10. The number of carbonyl (C=O) groups is 1. The molecule has 0 aromatic heterocycles. The molecule has 0 bridgehead atoms. The fourth-order valence-corrected chi connectivity index (χ4v) is 2.21. The number of benzene rings is 2.